The van der Waals surface area contributed by atoms with Gasteiger partial charge in [0.05, 0.1) is 0 Å². The van der Waals surface area contributed by atoms with Crippen LogP contribution in [0.5, 0.6) is 0 Å². The summed E-state index contributed by atoms with van der Waals surface area (Å²) in [5.74, 6) is 0.392. The molecule has 0 aliphatic rings. The molecule has 1 heterocycles. The summed E-state index contributed by atoms with van der Waals surface area (Å²) < 4.78 is 2.72. The second kappa shape index (κ2) is 3.64. The average Bonchev–Trinajstić information content (AvgIpc) is 2.65. The van der Waals surface area contributed by atoms with Crippen LogP contribution in [-0.4, -0.2) is 9.55 Å². The monoisotopic (exact) mass is 247 g/mol. The number of halogens is 1. The van der Waals surface area contributed by atoms with Gasteiger partial charge in [0.15, 0.2) is 0 Å². The predicted octanol–water partition coefficient (Wildman–Crippen LogP) is 2.51. The van der Waals surface area contributed by atoms with Crippen LogP contribution in [0.4, 0.5) is 0 Å². The summed E-state index contributed by atoms with van der Waals surface area (Å²) in [7, 11) is 0. The van der Waals surface area contributed by atoms with Gasteiger partial charge in [0.1, 0.15) is 6.07 Å². The van der Waals surface area contributed by atoms with E-state index in [1.165, 1.54) is 0 Å². The number of nitriles is 1. The number of hydrogen-bond donors (Lipinski definition) is 0. The Hall–Kier alpha value is -1.60. The topological polar surface area (TPSA) is 41.6 Å². The van der Waals surface area contributed by atoms with Crippen molar-refractivity contribution >= 4 is 15.9 Å². The molecule has 0 spiro atoms. The van der Waals surface area contributed by atoms with E-state index in [2.05, 4.69) is 20.9 Å². The number of aromatic nitrogens is 2. The molecule has 0 amide bonds. The lowest BCUT2D eigenvalue weighted by Gasteiger charge is -2.02. The van der Waals surface area contributed by atoms with Crippen LogP contribution in [0.2, 0.25) is 0 Å². The molecule has 2 aromatic rings. The molecule has 0 atom stereocenters. The lowest BCUT2D eigenvalue weighted by atomic mass is 10.3. The number of rotatable bonds is 1. The van der Waals surface area contributed by atoms with E-state index < -0.39 is 0 Å². The van der Waals surface area contributed by atoms with Crippen molar-refractivity contribution < 1.29 is 0 Å². The molecule has 0 fully saturated rings. The highest BCUT2D eigenvalue weighted by molar-refractivity contribution is 9.10. The summed E-state index contributed by atoms with van der Waals surface area (Å²) in [6.45, 7) is 0. The molecule has 1 aromatic heterocycles. The van der Waals surface area contributed by atoms with Crippen LogP contribution >= 0.6 is 15.9 Å². The van der Waals surface area contributed by atoms with Gasteiger partial charge < -0.3 is 0 Å². The third-order valence-electron chi connectivity index (χ3n) is 1.83. The number of hydrogen-bond acceptors (Lipinski definition) is 2. The quantitative estimate of drug-likeness (QED) is 0.777. The van der Waals surface area contributed by atoms with Gasteiger partial charge in [-0.15, -0.1) is 0 Å². The zero-order valence-electron chi connectivity index (χ0n) is 7.18. The molecule has 68 valence electrons. The first-order valence-corrected chi connectivity index (χ1v) is 4.80. The third-order valence-corrected chi connectivity index (χ3v) is 2.32. The first-order valence-electron chi connectivity index (χ1n) is 4.00. The van der Waals surface area contributed by atoms with Crippen LogP contribution < -0.4 is 0 Å². The van der Waals surface area contributed by atoms with Gasteiger partial charge in [0.2, 0.25) is 5.82 Å². The van der Waals surface area contributed by atoms with Crippen molar-refractivity contribution in [3.63, 3.8) is 0 Å². The van der Waals surface area contributed by atoms with Crippen LogP contribution in [-0.2, 0) is 0 Å². The van der Waals surface area contributed by atoms with Gasteiger partial charge in [0.25, 0.3) is 0 Å². The van der Waals surface area contributed by atoms with E-state index in [-0.39, 0.29) is 0 Å². The van der Waals surface area contributed by atoms with E-state index in [1.54, 1.807) is 17.0 Å². The van der Waals surface area contributed by atoms with Crippen molar-refractivity contribution in [3.05, 3.63) is 47.0 Å². The lowest BCUT2D eigenvalue weighted by Crippen LogP contribution is -1.95. The molecule has 0 unspecified atom stereocenters. The summed E-state index contributed by atoms with van der Waals surface area (Å²) in [6, 6.07) is 9.74. The molecule has 0 bridgehead atoms. The Labute approximate surface area is 89.8 Å². The Morgan fingerprint density at radius 3 is 3.00 bits per heavy atom. The summed E-state index contributed by atoms with van der Waals surface area (Å²) in [5, 5.41) is 8.79. The second-order valence-electron chi connectivity index (χ2n) is 2.71. The Morgan fingerprint density at radius 1 is 1.43 bits per heavy atom. The molecular formula is C10H6BrN3. The zero-order valence-corrected chi connectivity index (χ0v) is 8.77. The fourth-order valence-corrected chi connectivity index (χ4v) is 1.61. The molecule has 14 heavy (non-hydrogen) atoms. The van der Waals surface area contributed by atoms with Gasteiger partial charge in [0, 0.05) is 22.6 Å². The van der Waals surface area contributed by atoms with Crippen molar-refractivity contribution in [2.24, 2.45) is 0 Å². The van der Waals surface area contributed by atoms with Crippen molar-refractivity contribution in [2.75, 3.05) is 0 Å². The van der Waals surface area contributed by atoms with Crippen LogP contribution in [0.1, 0.15) is 5.82 Å². The highest BCUT2D eigenvalue weighted by Crippen LogP contribution is 2.16. The largest absolute Gasteiger partial charge is 0.291 e. The first-order chi connectivity index (χ1) is 6.81. The predicted molar refractivity (Wildman–Crippen MR) is 56.0 cm³/mol. The second-order valence-corrected chi connectivity index (χ2v) is 3.63. The maximum Gasteiger partial charge on any atom is 0.217 e. The molecular weight excluding hydrogens is 242 g/mol. The molecule has 3 nitrogen and oxygen atoms in total. The third kappa shape index (κ3) is 1.54. The molecule has 0 saturated heterocycles. The van der Waals surface area contributed by atoms with Crippen LogP contribution in [0.25, 0.3) is 5.69 Å². The standard InChI is InChI=1S/C10H6BrN3/c11-8-2-1-3-9(6-8)14-5-4-13-10(14)7-12/h1-6H. The van der Waals surface area contributed by atoms with E-state index in [1.807, 2.05) is 30.3 Å². The van der Waals surface area contributed by atoms with Crippen LogP contribution in [0.15, 0.2) is 41.1 Å². The van der Waals surface area contributed by atoms with Crippen LogP contribution in [0, 0.1) is 11.3 Å². The molecule has 0 aliphatic heterocycles. The highest BCUT2D eigenvalue weighted by Gasteiger charge is 2.02. The van der Waals surface area contributed by atoms with Gasteiger partial charge in [-0.05, 0) is 18.2 Å². The Bertz CT molecular complexity index is 496. The maximum atomic E-state index is 8.79. The van der Waals surface area contributed by atoms with E-state index in [4.69, 9.17) is 5.26 Å². The lowest BCUT2D eigenvalue weighted by molar-refractivity contribution is 1.02. The number of nitrogens with zero attached hydrogens (tertiary/aromatic N) is 3. The van der Waals surface area contributed by atoms with Gasteiger partial charge in [-0.1, -0.05) is 22.0 Å². The van der Waals surface area contributed by atoms with Crippen molar-refractivity contribution in [2.45, 2.75) is 0 Å². The molecule has 0 saturated carbocycles. The molecule has 4 heteroatoms. The van der Waals surface area contributed by atoms with Crippen molar-refractivity contribution in [1.82, 2.24) is 9.55 Å². The fourth-order valence-electron chi connectivity index (χ4n) is 1.22. The van der Waals surface area contributed by atoms with Gasteiger partial charge in [-0.25, -0.2) is 4.98 Å². The minimum absolute atomic E-state index is 0.392. The van der Waals surface area contributed by atoms with Crippen LogP contribution in [0.3, 0.4) is 0 Å². The smallest absolute Gasteiger partial charge is 0.217 e. The minimum atomic E-state index is 0.392. The van der Waals surface area contributed by atoms with E-state index in [9.17, 15) is 0 Å². The van der Waals surface area contributed by atoms with Crippen molar-refractivity contribution in [3.8, 4) is 11.8 Å². The fraction of sp³-hybridized carbons (Fsp3) is 0. The van der Waals surface area contributed by atoms with Gasteiger partial charge in [-0.3, -0.25) is 4.57 Å². The first kappa shape index (κ1) is 8.97. The average molecular weight is 248 g/mol. The SMILES string of the molecule is N#Cc1nccn1-c1cccc(Br)c1. The molecule has 0 radical (unpaired) electrons. The Kier molecular flexibility index (Phi) is 2.33. The van der Waals surface area contributed by atoms with Gasteiger partial charge in [-0.2, -0.15) is 5.26 Å². The zero-order chi connectivity index (χ0) is 9.97. The van der Waals surface area contributed by atoms with E-state index >= 15 is 0 Å². The number of imidazole rings is 1. The number of benzene rings is 1. The van der Waals surface area contributed by atoms with E-state index in [0.29, 0.717) is 5.82 Å². The molecule has 1 aromatic carbocycles. The summed E-state index contributed by atoms with van der Waals surface area (Å²) >= 11 is 3.38. The normalized spacial score (nSPS) is 9.71. The molecule has 0 N–H and O–H groups in total. The summed E-state index contributed by atoms with van der Waals surface area (Å²) in [4.78, 5) is 3.93. The molecule has 0 aliphatic carbocycles. The minimum Gasteiger partial charge on any atom is -0.291 e. The van der Waals surface area contributed by atoms with Crippen molar-refractivity contribution in [1.29, 1.82) is 5.26 Å². The Balaban J connectivity index is 2.56. The Morgan fingerprint density at radius 2 is 2.29 bits per heavy atom. The highest BCUT2D eigenvalue weighted by atomic mass is 79.9. The summed E-state index contributed by atoms with van der Waals surface area (Å²) in [5.41, 5.74) is 0.924. The molecule has 2 rings (SSSR count). The van der Waals surface area contributed by atoms with E-state index in [0.717, 1.165) is 10.2 Å². The maximum absolute atomic E-state index is 8.79. The van der Waals surface area contributed by atoms with Gasteiger partial charge >= 0.3 is 0 Å². The summed E-state index contributed by atoms with van der Waals surface area (Å²) in [6.07, 6.45) is 3.37.